The van der Waals surface area contributed by atoms with Crippen molar-refractivity contribution in [1.82, 2.24) is 15.1 Å². The van der Waals surface area contributed by atoms with Gasteiger partial charge < -0.3 is 10.6 Å². The number of benzene rings is 1. The summed E-state index contributed by atoms with van der Waals surface area (Å²) >= 11 is 0. The Morgan fingerprint density at radius 2 is 1.92 bits per heavy atom. The zero-order valence-corrected chi connectivity index (χ0v) is 15.5. The summed E-state index contributed by atoms with van der Waals surface area (Å²) < 4.78 is 0. The normalized spacial score (nSPS) is 19.3. The molecule has 0 radical (unpaired) electrons. The standard InChI is InChI=1S/C20H27N5O/c1-14(2)11-15-12-16(24-23-15)13-25-9-7-20(8-10-25)19(26)21-17-5-3-4-6-18(17)22-20/h3-6,12,14,22H,7-11,13H2,1-2H3,(H,21,26)(H,23,24). The van der Waals surface area contributed by atoms with Crippen LogP contribution in [-0.2, 0) is 17.8 Å². The summed E-state index contributed by atoms with van der Waals surface area (Å²) in [5, 5.41) is 14.2. The maximum Gasteiger partial charge on any atom is 0.250 e. The Bertz CT molecular complexity index is 789. The maximum atomic E-state index is 12.7. The van der Waals surface area contributed by atoms with Gasteiger partial charge in [-0.1, -0.05) is 26.0 Å². The third-order valence-electron chi connectivity index (χ3n) is 5.39. The molecule has 138 valence electrons. The average molecular weight is 353 g/mol. The molecular weight excluding hydrogens is 326 g/mol. The zero-order valence-electron chi connectivity index (χ0n) is 15.5. The number of likely N-dealkylation sites (tertiary alicyclic amines) is 1. The minimum absolute atomic E-state index is 0.0941. The first-order valence-corrected chi connectivity index (χ1v) is 9.48. The van der Waals surface area contributed by atoms with E-state index < -0.39 is 5.54 Å². The molecule has 0 atom stereocenters. The number of anilines is 2. The van der Waals surface area contributed by atoms with Crippen molar-refractivity contribution in [1.29, 1.82) is 0 Å². The van der Waals surface area contributed by atoms with Crippen molar-refractivity contribution in [3.63, 3.8) is 0 Å². The van der Waals surface area contributed by atoms with E-state index in [1.165, 1.54) is 0 Å². The second-order valence-corrected chi connectivity index (χ2v) is 7.97. The van der Waals surface area contributed by atoms with Gasteiger partial charge in [-0.2, -0.15) is 5.10 Å². The Kier molecular flexibility index (Phi) is 4.44. The van der Waals surface area contributed by atoms with E-state index in [1.54, 1.807) is 0 Å². The molecule has 1 aromatic heterocycles. The number of amides is 1. The molecule has 1 spiro atoms. The molecule has 6 nitrogen and oxygen atoms in total. The highest BCUT2D eigenvalue weighted by Gasteiger charge is 2.44. The van der Waals surface area contributed by atoms with E-state index in [4.69, 9.17) is 0 Å². The molecule has 0 saturated carbocycles. The van der Waals surface area contributed by atoms with E-state index in [-0.39, 0.29) is 5.91 Å². The number of rotatable bonds is 4. The van der Waals surface area contributed by atoms with E-state index in [1.807, 2.05) is 24.3 Å². The Morgan fingerprint density at radius 3 is 2.65 bits per heavy atom. The van der Waals surface area contributed by atoms with Gasteiger partial charge in [0.2, 0.25) is 5.91 Å². The molecule has 1 fully saturated rings. The number of hydrogen-bond donors (Lipinski definition) is 3. The Balaban J connectivity index is 1.38. The van der Waals surface area contributed by atoms with Crippen LogP contribution in [0.15, 0.2) is 30.3 Å². The van der Waals surface area contributed by atoms with E-state index in [2.05, 4.69) is 45.6 Å². The van der Waals surface area contributed by atoms with Crippen LogP contribution >= 0.6 is 0 Å². The lowest BCUT2D eigenvalue weighted by molar-refractivity contribution is -0.122. The number of carbonyl (C=O) groups is 1. The van der Waals surface area contributed by atoms with Crippen molar-refractivity contribution in [3.05, 3.63) is 41.7 Å². The molecule has 1 amide bonds. The van der Waals surface area contributed by atoms with Gasteiger partial charge in [0.15, 0.2) is 0 Å². The zero-order chi connectivity index (χ0) is 18.1. The predicted molar refractivity (Wildman–Crippen MR) is 103 cm³/mol. The van der Waals surface area contributed by atoms with Crippen LogP contribution in [0, 0.1) is 5.92 Å². The number of H-pyrrole nitrogens is 1. The van der Waals surface area contributed by atoms with Gasteiger partial charge in [0.25, 0.3) is 0 Å². The van der Waals surface area contributed by atoms with E-state index in [0.29, 0.717) is 5.92 Å². The van der Waals surface area contributed by atoms with Gasteiger partial charge in [0.05, 0.1) is 17.1 Å². The summed E-state index contributed by atoms with van der Waals surface area (Å²) in [6.07, 6.45) is 2.61. The average Bonchev–Trinajstić information content (AvgIpc) is 3.04. The van der Waals surface area contributed by atoms with Crippen LogP contribution in [0.3, 0.4) is 0 Å². The monoisotopic (exact) mass is 353 g/mol. The lowest BCUT2D eigenvalue weighted by Gasteiger charge is -2.44. The fourth-order valence-corrected chi connectivity index (χ4v) is 3.96. The molecule has 1 saturated heterocycles. The number of aromatic amines is 1. The van der Waals surface area contributed by atoms with Gasteiger partial charge in [0, 0.05) is 25.3 Å². The molecule has 0 bridgehead atoms. The van der Waals surface area contributed by atoms with Crippen LogP contribution in [-0.4, -0.2) is 39.6 Å². The minimum atomic E-state index is -0.484. The van der Waals surface area contributed by atoms with E-state index >= 15 is 0 Å². The van der Waals surface area contributed by atoms with Crippen LogP contribution in [0.4, 0.5) is 11.4 Å². The summed E-state index contributed by atoms with van der Waals surface area (Å²) in [5.41, 5.74) is 3.70. The number of aromatic nitrogens is 2. The molecule has 2 aromatic rings. The number of para-hydroxylation sites is 2. The SMILES string of the molecule is CC(C)Cc1cc(CN2CCC3(CC2)Nc2ccccc2NC3=O)[nH]n1. The second-order valence-electron chi connectivity index (χ2n) is 7.97. The molecule has 0 unspecified atom stereocenters. The van der Waals surface area contributed by atoms with Gasteiger partial charge >= 0.3 is 0 Å². The second kappa shape index (κ2) is 6.76. The molecule has 3 heterocycles. The van der Waals surface area contributed by atoms with Crippen LogP contribution in [0.25, 0.3) is 0 Å². The van der Waals surface area contributed by atoms with Gasteiger partial charge in [-0.25, -0.2) is 0 Å². The highest BCUT2D eigenvalue weighted by Crippen LogP contribution is 2.36. The number of fused-ring (bicyclic) bond motifs is 1. The summed E-state index contributed by atoms with van der Waals surface area (Å²) in [7, 11) is 0. The highest BCUT2D eigenvalue weighted by atomic mass is 16.2. The number of piperidine rings is 1. The van der Waals surface area contributed by atoms with Crippen molar-refractivity contribution in [2.24, 2.45) is 5.92 Å². The number of nitrogens with zero attached hydrogens (tertiary/aromatic N) is 2. The molecule has 0 aliphatic carbocycles. The first-order chi connectivity index (χ1) is 12.5. The lowest BCUT2D eigenvalue weighted by atomic mass is 9.84. The fourth-order valence-electron chi connectivity index (χ4n) is 3.96. The molecule has 26 heavy (non-hydrogen) atoms. The molecule has 1 aromatic carbocycles. The smallest absolute Gasteiger partial charge is 0.250 e. The third kappa shape index (κ3) is 3.33. The van der Waals surface area contributed by atoms with Gasteiger partial charge in [0.1, 0.15) is 5.54 Å². The molecule has 2 aliphatic rings. The first kappa shape index (κ1) is 17.1. The number of carbonyl (C=O) groups excluding carboxylic acids is 1. The van der Waals surface area contributed by atoms with Crippen molar-refractivity contribution < 1.29 is 4.79 Å². The van der Waals surface area contributed by atoms with E-state index in [0.717, 1.165) is 61.7 Å². The number of nitrogens with one attached hydrogen (secondary N) is 3. The Hall–Kier alpha value is -2.34. The van der Waals surface area contributed by atoms with Gasteiger partial charge in [-0.15, -0.1) is 0 Å². The number of hydrogen-bond acceptors (Lipinski definition) is 4. The van der Waals surface area contributed by atoms with Crippen LogP contribution in [0.2, 0.25) is 0 Å². The summed E-state index contributed by atoms with van der Waals surface area (Å²) in [5.74, 6) is 0.705. The van der Waals surface area contributed by atoms with Crippen LogP contribution in [0.5, 0.6) is 0 Å². The van der Waals surface area contributed by atoms with Crippen LogP contribution < -0.4 is 10.6 Å². The van der Waals surface area contributed by atoms with Gasteiger partial charge in [-0.05, 0) is 43.4 Å². The Labute approximate surface area is 154 Å². The molecule has 4 rings (SSSR count). The van der Waals surface area contributed by atoms with Crippen molar-refractivity contribution in [3.8, 4) is 0 Å². The largest absolute Gasteiger partial charge is 0.369 e. The molecule has 6 heteroatoms. The molecular formula is C20H27N5O. The van der Waals surface area contributed by atoms with Crippen LogP contribution in [0.1, 0.15) is 38.1 Å². The molecule has 3 N–H and O–H groups in total. The van der Waals surface area contributed by atoms with Crippen molar-refractivity contribution >= 4 is 17.3 Å². The maximum absolute atomic E-state index is 12.7. The van der Waals surface area contributed by atoms with E-state index in [9.17, 15) is 4.79 Å². The van der Waals surface area contributed by atoms with Crippen molar-refractivity contribution in [2.45, 2.75) is 45.2 Å². The van der Waals surface area contributed by atoms with Crippen molar-refractivity contribution in [2.75, 3.05) is 23.7 Å². The molecule has 2 aliphatic heterocycles. The summed E-state index contributed by atoms with van der Waals surface area (Å²) in [4.78, 5) is 15.1. The summed E-state index contributed by atoms with van der Waals surface area (Å²) in [6.45, 7) is 7.05. The fraction of sp³-hybridized carbons (Fsp3) is 0.500. The lowest BCUT2D eigenvalue weighted by Crippen LogP contribution is -2.58. The van der Waals surface area contributed by atoms with Gasteiger partial charge in [-0.3, -0.25) is 14.8 Å². The third-order valence-corrected chi connectivity index (χ3v) is 5.39. The predicted octanol–water partition coefficient (Wildman–Crippen LogP) is 3.01. The minimum Gasteiger partial charge on any atom is -0.369 e. The first-order valence-electron chi connectivity index (χ1n) is 9.48. The topological polar surface area (TPSA) is 73.0 Å². The Morgan fingerprint density at radius 1 is 1.19 bits per heavy atom. The highest BCUT2D eigenvalue weighted by molar-refractivity contribution is 6.06. The summed E-state index contributed by atoms with van der Waals surface area (Å²) in [6, 6.07) is 10.1. The quantitative estimate of drug-likeness (QED) is 0.790.